The number of rotatable bonds is 9. The molecule has 8 nitrogen and oxygen atoms in total. The molecule has 3 aromatic rings. The molecule has 4 rings (SSSR count). The molecule has 1 unspecified atom stereocenters. The van der Waals surface area contributed by atoms with Gasteiger partial charge in [-0.1, -0.05) is 17.3 Å². The third kappa shape index (κ3) is 4.94. The van der Waals surface area contributed by atoms with Gasteiger partial charge in [0.05, 0.1) is 18.2 Å². The van der Waals surface area contributed by atoms with E-state index in [9.17, 15) is 9.18 Å². The van der Waals surface area contributed by atoms with Gasteiger partial charge in [0.15, 0.2) is 0 Å². The van der Waals surface area contributed by atoms with Crippen LogP contribution in [0.15, 0.2) is 58.8 Å². The summed E-state index contributed by atoms with van der Waals surface area (Å²) in [4.78, 5) is 19.2. The van der Waals surface area contributed by atoms with E-state index in [1.54, 1.807) is 24.1 Å². The molecule has 1 atom stereocenters. The lowest BCUT2D eigenvalue weighted by Crippen LogP contribution is -2.46. The normalized spacial score (nSPS) is 16.1. The quantitative estimate of drug-likeness (QED) is 0.455. The summed E-state index contributed by atoms with van der Waals surface area (Å²) in [6.07, 6.45) is 0.653. The SMILES string of the molecule is CCOc1ccc(-c2noc(C3=C(C)N(CCCOC)C(=O)NC3c3cccc(F)c3)n2)cc1. The summed E-state index contributed by atoms with van der Waals surface area (Å²) in [5, 5.41) is 7.11. The van der Waals surface area contributed by atoms with Crippen molar-refractivity contribution < 1.29 is 23.2 Å². The molecule has 34 heavy (non-hydrogen) atoms. The van der Waals surface area contributed by atoms with Crippen LogP contribution < -0.4 is 10.1 Å². The van der Waals surface area contributed by atoms with Gasteiger partial charge < -0.3 is 19.3 Å². The average Bonchev–Trinajstić information content (AvgIpc) is 3.31. The number of nitrogens with one attached hydrogen (secondary N) is 1. The fourth-order valence-electron chi connectivity index (χ4n) is 3.95. The van der Waals surface area contributed by atoms with Crippen LogP contribution in [0.5, 0.6) is 5.75 Å². The number of halogens is 1. The third-order valence-corrected chi connectivity index (χ3v) is 5.59. The molecule has 0 aliphatic carbocycles. The predicted octanol–water partition coefficient (Wildman–Crippen LogP) is 4.81. The summed E-state index contributed by atoms with van der Waals surface area (Å²) in [7, 11) is 1.62. The van der Waals surface area contributed by atoms with Crippen LogP contribution in [0.3, 0.4) is 0 Å². The summed E-state index contributed by atoms with van der Waals surface area (Å²) in [6.45, 7) is 5.29. The highest BCUT2D eigenvalue weighted by Crippen LogP contribution is 2.37. The standard InChI is InChI=1S/C25H27FN4O4/c1-4-33-20-11-9-17(10-12-20)23-28-24(34-29-23)21-16(2)30(13-6-14-32-3)25(31)27-22(21)18-7-5-8-19(26)15-18/h5,7-12,15,22H,4,6,13-14H2,1-3H3,(H,27,31). The Labute approximate surface area is 197 Å². The molecule has 9 heteroatoms. The lowest BCUT2D eigenvalue weighted by Gasteiger charge is -2.35. The number of urea groups is 1. The van der Waals surface area contributed by atoms with Crippen molar-refractivity contribution in [3.05, 3.63) is 71.5 Å². The number of hydrogen-bond donors (Lipinski definition) is 1. The molecule has 1 N–H and O–H groups in total. The number of ether oxygens (including phenoxy) is 2. The topological polar surface area (TPSA) is 89.7 Å². The molecule has 1 aromatic heterocycles. The van der Waals surface area contributed by atoms with Gasteiger partial charge in [-0.3, -0.25) is 4.90 Å². The summed E-state index contributed by atoms with van der Waals surface area (Å²) in [5.41, 5.74) is 2.62. The molecular formula is C25H27FN4O4. The lowest BCUT2D eigenvalue weighted by molar-refractivity contribution is 0.174. The van der Waals surface area contributed by atoms with Crippen molar-refractivity contribution in [3.63, 3.8) is 0 Å². The zero-order valence-corrected chi connectivity index (χ0v) is 19.4. The van der Waals surface area contributed by atoms with Crippen molar-refractivity contribution in [1.82, 2.24) is 20.4 Å². The number of benzene rings is 2. The van der Waals surface area contributed by atoms with Crippen molar-refractivity contribution in [1.29, 1.82) is 0 Å². The van der Waals surface area contributed by atoms with Crippen molar-refractivity contribution in [2.45, 2.75) is 26.3 Å². The van der Waals surface area contributed by atoms with E-state index in [0.29, 0.717) is 48.8 Å². The van der Waals surface area contributed by atoms with Crippen LogP contribution >= 0.6 is 0 Å². The Balaban J connectivity index is 1.73. The van der Waals surface area contributed by atoms with Crippen molar-refractivity contribution in [3.8, 4) is 17.1 Å². The van der Waals surface area contributed by atoms with Crippen LogP contribution in [0.1, 0.15) is 37.8 Å². The Morgan fingerprint density at radius 2 is 2.00 bits per heavy atom. The Hall–Kier alpha value is -3.72. The Morgan fingerprint density at radius 1 is 1.21 bits per heavy atom. The maximum atomic E-state index is 14.0. The van der Waals surface area contributed by atoms with Crippen LogP contribution in [0.25, 0.3) is 17.0 Å². The summed E-state index contributed by atoms with van der Waals surface area (Å²) in [5.74, 6) is 1.01. The van der Waals surface area contributed by atoms with Gasteiger partial charge in [0, 0.05) is 31.5 Å². The van der Waals surface area contributed by atoms with E-state index in [4.69, 9.17) is 14.0 Å². The predicted molar refractivity (Wildman–Crippen MR) is 124 cm³/mol. The molecule has 0 saturated heterocycles. The van der Waals surface area contributed by atoms with Gasteiger partial charge in [0.2, 0.25) is 5.82 Å². The number of nitrogens with zero attached hydrogens (tertiary/aromatic N) is 3. The van der Waals surface area contributed by atoms with Gasteiger partial charge in [0.1, 0.15) is 11.6 Å². The molecule has 0 radical (unpaired) electrons. The summed E-state index contributed by atoms with van der Waals surface area (Å²) >= 11 is 0. The van der Waals surface area contributed by atoms with E-state index in [0.717, 1.165) is 11.3 Å². The molecule has 2 aromatic carbocycles. The zero-order chi connectivity index (χ0) is 24.1. The van der Waals surface area contributed by atoms with E-state index in [2.05, 4.69) is 15.5 Å². The fourth-order valence-corrected chi connectivity index (χ4v) is 3.95. The molecule has 2 heterocycles. The molecule has 2 amide bonds. The van der Waals surface area contributed by atoms with Crippen molar-refractivity contribution in [2.75, 3.05) is 26.9 Å². The fraction of sp³-hybridized carbons (Fsp3) is 0.320. The highest BCUT2D eigenvalue weighted by atomic mass is 19.1. The Morgan fingerprint density at radius 3 is 2.71 bits per heavy atom. The first-order valence-electron chi connectivity index (χ1n) is 11.1. The summed E-state index contributed by atoms with van der Waals surface area (Å²) in [6, 6.07) is 12.6. The van der Waals surface area contributed by atoms with E-state index in [-0.39, 0.29) is 11.9 Å². The second-order valence-electron chi connectivity index (χ2n) is 7.82. The maximum Gasteiger partial charge on any atom is 0.322 e. The third-order valence-electron chi connectivity index (χ3n) is 5.59. The molecule has 0 spiro atoms. The number of aromatic nitrogens is 2. The van der Waals surface area contributed by atoms with Crippen LogP contribution in [0.4, 0.5) is 9.18 Å². The minimum absolute atomic E-state index is 0.257. The molecule has 1 aliphatic rings. The minimum atomic E-state index is -0.643. The number of hydrogen-bond acceptors (Lipinski definition) is 6. The van der Waals surface area contributed by atoms with Gasteiger partial charge in [-0.15, -0.1) is 0 Å². The molecule has 178 valence electrons. The number of allylic oxidation sites excluding steroid dienone is 1. The van der Waals surface area contributed by atoms with Crippen LogP contribution in [0.2, 0.25) is 0 Å². The lowest BCUT2D eigenvalue weighted by atomic mass is 9.94. The monoisotopic (exact) mass is 466 g/mol. The van der Waals surface area contributed by atoms with Crippen LogP contribution in [-0.4, -0.2) is 47.9 Å². The summed E-state index contributed by atoms with van der Waals surface area (Å²) < 4.78 is 30.3. The zero-order valence-electron chi connectivity index (χ0n) is 19.4. The van der Waals surface area contributed by atoms with Crippen molar-refractivity contribution >= 4 is 11.6 Å². The van der Waals surface area contributed by atoms with Crippen LogP contribution in [-0.2, 0) is 4.74 Å². The first-order valence-corrected chi connectivity index (χ1v) is 11.1. The smallest absolute Gasteiger partial charge is 0.322 e. The molecular weight excluding hydrogens is 439 g/mol. The Bertz CT molecular complexity index is 1180. The highest BCUT2D eigenvalue weighted by molar-refractivity contribution is 5.86. The molecule has 0 saturated carbocycles. The first-order chi connectivity index (χ1) is 16.5. The second kappa shape index (κ2) is 10.5. The van der Waals surface area contributed by atoms with Gasteiger partial charge in [-0.05, 0) is 62.2 Å². The second-order valence-corrected chi connectivity index (χ2v) is 7.82. The number of methoxy groups -OCH3 is 1. The van der Waals surface area contributed by atoms with Gasteiger partial charge in [-0.25, -0.2) is 9.18 Å². The van der Waals surface area contributed by atoms with E-state index in [1.165, 1.54) is 12.1 Å². The minimum Gasteiger partial charge on any atom is -0.494 e. The van der Waals surface area contributed by atoms with E-state index >= 15 is 0 Å². The van der Waals surface area contributed by atoms with E-state index < -0.39 is 11.9 Å². The average molecular weight is 467 g/mol. The maximum absolute atomic E-state index is 14.0. The van der Waals surface area contributed by atoms with Gasteiger partial charge >= 0.3 is 6.03 Å². The number of amides is 2. The number of carbonyl (C=O) groups excluding carboxylic acids is 1. The largest absolute Gasteiger partial charge is 0.494 e. The first kappa shape index (κ1) is 23.4. The van der Waals surface area contributed by atoms with E-state index in [1.807, 2.05) is 38.1 Å². The molecule has 1 aliphatic heterocycles. The van der Waals surface area contributed by atoms with Gasteiger partial charge in [-0.2, -0.15) is 4.98 Å². The molecule has 0 fully saturated rings. The van der Waals surface area contributed by atoms with Crippen molar-refractivity contribution in [2.24, 2.45) is 0 Å². The Kier molecular flexibility index (Phi) is 7.22. The molecule has 0 bridgehead atoms. The van der Waals surface area contributed by atoms with Crippen LogP contribution in [0, 0.1) is 5.82 Å². The van der Waals surface area contributed by atoms with Gasteiger partial charge in [0.25, 0.3) is 5.89 Å². The number of carbonyl (C=O) groups is 1. The highest BCUT2D eigenvalue weighted by Gasteiger charge is 2.35.